The monoisotopic (exact) mass is 361 g/mol. The predicted molar refractivity (Wildman–Crippen MR) is 83.2 cm³/mol. The summed E-state index contributed by atoms with van der Waals surface area (Å²) in [6.07, 6.45) is 1.79. The number of carbonyl (C=O) groups excluding carboxylic acids is 1. The maximum absolute atomic E-state index is 12.4. The zero-order valence-corrected chi connectivity index (χ0v) is 14.3. The van der Waals surface area contributed by atoms with E-state index < -0.39 is 26.0 Å². The molecule has 0 unspecified atom stereocenters. The minimum absolute atomic E-state index is 0.0518. The van der Waals surface area contributed by atoms with Gasteiger partial charge >= 0.3 is 0 Å². The number of hydrogen-bond donors (Lipinski definition) is 2. The standard InChI is InChI=1S/C13H19N3O5S2/c1-2-13(17)14-15-22(18,19)11-5-7-12(8-6-11)23(20,21)16-9-3-4-10-16/h5-8,15H,2-4,9-10H2,1H3,(H,14,17). The highest BCUT2D eigenvalue weighted by Crippen LogP contribution is 2.22. The number of nitrogens with one attached hydrogen (secondary N) is 2. The van der Waals surface area contributed by atoms with Crippen LogP contribution in [0.25, 0.3) is 0 Å². The van der Waals surface area contributed by atoms with Crippen LogP contribution >= 0.6 is 0 Å². The highest BCUT2D eigenvalue weighted by Gasteiger charge is 2.27. The van der Waals surface area contributed by atoms with Gasteiger partial charge in [-0.3, -0.25) is 10.2 Å². The molecule has 1 aliphatic rings. The normalized spacial score (nSPS) is 16.4. The molecule has 8 nitrogen and oxygen atoms in total. The van der Waals surface area contributed by atoms with Crippen molar-refractivity contribution in [3.05, 3.63) is 24.3 Å². The van der Waals surface area contributed by atoms with Crippen molar-refractivity contribution in [2.45, 2.75) is 36.0 Å². The van der Waals surface area contributed by atoms with Crippen LogP contribution in [0.1, 0.15) is 26.2 Å². The molecule has 1 heterocycles. The van der Waals surface area contributed by atoms with Crippen LogP contribution in [0.3, 0.4) is 0 Å². The number of sulfonamides is 2. The zero-order chi connectivity index (χ0) is 17.1. The summed E-state index contributed by atoms with van der Waals surface area (Å²) >= 11 is 0. The SMILES string of the molecule is CCC(=O)NNS(=O)(=O)c1ccc(S(=O)(=O)N2CCCC2)cc1. The van der Waals surface area contributed by atoms with Gasteiger partial charge in [0.15, 0.2) is 0 Å². The van der Waals surface area contributed by atoms with E-state index in [2.05, 4.69) is 5.43 Å². The number of carbonyl (C=O) groups is 1. The van der Waals surface area contributed by atoms with Crippen molar-refractivity contribution in [2.24, 2.45) is 0 Å². The molecular formula is C13H19N3O5S2. The van der Waals surface area contributed by atoms with Crippen molar-refractivity contribution < 1.29 is 21.6 Å². The fourth-order valence-electron chi connectivity index (χ4n) is 2.14. The quantitative estimate of drug-likeness (QED) is 0.703. The summed E-state index contributed by atoms with van der Waals surface area (Å²) < 4.78 is 50.1. The molecule has 0 spiro atoms. The molecule has 0 atom stereocenters. The van der Waals surface area contributed by atoms with E-state index in [4.69, 9.17) is 0 Å². The molecule has 1 fully saturated rings. The molecular weight excluding hydrogens is 342 g/mol. The molecule has 2 N–H and O–H groups in total. The molecule has 1 aromatic carbocycles. The summed E-state index contributed by atoms with van der Waals surface area (Å²) in [5.74, 6) is -0.471. The number of rotatable bonds is 6. The summed E-state index contributed by atoms with van der Waals surface area (Å²) in [4.78, 5) is 13.0. The molecule has 0 bridgehead atoms. The molecule has 0 aromatic heterocycles. The van der Waals surface area contributed by atoms with Gasteiger partial charge in [-0.25, -0.2) is 16.8 Å². The third kappa shape index (κ3) is 4.08. The van der Waals surface area contributed by atoms with E-state index in [1.165, 1.54) is 28.6 Å². The number of hydrazine groups is 1. The Bertz CT molecular complexity index is 766. The molecule has 0 radical (unpaired) electrons. The van der Waals surface area contributed by atoms with Gasteiger partial charge in [0, 0.05) is 19.5 Å². The van der Waals surface area contributed by atoms with E-state index in [9.17, 15) is 21.6 Å². The average molecular weight is 361 g/mol. The lowest BCUT2D eigenvalue weighted by atomic mass is 10.4. The van der Waals surface area contributed by atoms with Crippen molar-refractivity contribution in [2.75, 3.05) is 13.1 Å². The summed E-state index contributed by atoms with van der Waals surface area (Å²) in [5.41, 5.74) is 2.06. The second kappa shape index (κ2) is 6.95. The van der Waals surface area contributed by atoms with Crippen LogP contribution in [0.2, 0.25) is 0 Å². The van der Waals surface area contributed by atoms with Crippen LogP contribution in [0.5, 0.6) is 0 Å². The molecule has 1 aliphatic heterocycles. The summed E-state index contributed by atoms with van der Waals surface area (Å²) in [6, 6.07) is 4.90. The molecule has 128 valence electrons. The van der Waals surface area contributed by atoms with Gasteiger partial charge in [0.25, 0.3) is 10.0 Å². The fourth-order valence-corrected chi connectivity index (χ4v) is 4.52. The Kier molecular flexibility index (Phi) is 5.40. The van der Waals surface area contributed by atoms with E-state index in [0.717, 1.165) is 12.8 Å². The minimum Gasteiger partial charge on any atom is -0.278 e. The first-order chi connectivity index (χ1) is 10.8. The maximum atomic E-state index is 12.4. The minimum atomic E-state index is -3.94. The lowest BCUT2D eigenvalue weighted by molar-refractivity contribution is -0.121. The lowest BCUT2D eigenvalue weighted by Gasteiger charge is -2.15. The van der Waals surface area contributed by atoms with Crippen molar-refractivity contribution in [1.82, 2.24) is 14.6 Å². The van der Waals surface area contributed by atoms with Crippen molar-refractivity contribution in [3.8, 4) is 0 Å². The fraction of sp³-hybridized carbons (Fsp3) is 0.462. The Morgan fingerprint density at radius 2 is 1.57 bits per heavy atom. The van der Waals surface area contributed by atoms with Gasteiger partial charge in [-0.15, -0.1) is 4.83 Å². The molecule has 1 aromatic rings. The van der Waals surface area contributed by atoms with E-state index >= 15 is 0 Å². The van der Waals surface area contributed by atoms with Gasteiger partial charge in [-0.2, -0.15) is 4.31 Å². The molecule has 1 saturated heterocycles. The van der Waals surface area contributed by atoms with Crippen LogP contribution in [0.15, 0.2) is 34.1 Å². The smallest absolute Gasteiger partial charge is 0.257 e. The van der Waals surface area contributed by atoms with Crippen LogP contribution in [0.4, 0.5) is 0 Å². The number of benzene rings is 1. The second-order valence-corrected chi connectivity index (χ2v) is 8.71. The van der Waals surface area contributed by atoms with Gasteiger partial charge < -0.3 is 0 Å². The first kappa shape index (κ1) is 17.9. The highest BCUT2D eigenvalue weighted by atomic mass is 32.2. The van der Waals surface area contributed by atoms with Crippen molar-refractivity contribution >= 4 is 26.0 Å². The molecule has 23 heavy (non-hydrogen) atoms. The van der Waals surface area contributed by atoms with Crippen LogP contribution in [-0.4, -0.2) is 40.1 Å². The maximum Gasteiger partial charge on any atom is 0.257 e. The summed E-state index contributed by atoms with van der Waals surface area (Å²) in [5, 5.41) is 0. The Balaban J connectivity index is 2.17. The predicted octanol–water partition coefficient (Wildman–Crippen LogP) is 0.191. The van der Waals surface area contributed by atoms with Crippen molar-refractivity contribution in [3.63, 3.8) is 0 Å². The molecule has 0 saturated carbocycles. The summed E-state index contributed by atoms with van der Waals surface area (Å²) in [7, 11) is -7.52. The Morgan fingerprint density at radius 1 is 1.04 bits per heavy atom. The van der Waals surface area contributed by atoms with Gasteiger partial charge in [0.2, 0.25) is 15.9 Å². The van der Waals surface area contributed by atoms with Gasteiger partial charge in [-0.05, 0) is 37.1 Å². The highest BCUT2D eigenvalue weighted by molar-refractivity contribution is 7.89. The van der Waals surface area contributed by atoms with Crippen LogP contribution < -0.4 is 10.3 Å². The molecule has 10 heteroatoms. The zero-order valence-electron chi connectivity index (χ0n) is 12.6. The van der Waals surface area contributed by atoms with E-state index in [1.807, 2.05) is 4.83 Å². The molecule has 0 aliphatic carbocycles. The lowest BCUT2D eigenvalue weighted by Crippen LogP contribution is -2.41. The number of hydrogen-bond acceptors (Lipinski definition) is 5. The summed E-state index contributed by atoms with van der Waals surface area (Å²) in [6.45, 7) is 2.54. The van der Waals surface area contributed by atoms with Crippen LogP contribution in [-0.2, 0) is 24.8 Å². The van der Waals surface area contributed by atoms with Gasteiger partial charge in [-0.1, -0.05) is 6.92 Å². The van der Waals surface area contributed by atoms with E-state index in [0.29, 0.717) is 13.1 Å². The topological polar surface area (TPSA) is 113 Å². The Morgan fingerprint density at radius 3 is 2.09 bits per heavy atom. The van der Waals surface area contributed by atoms with E-state index in [1.54, 1.807) is 6.92 Å². The Hall–Kier alpha value is -1.49. The number of nitrogens with zero attached hydrogens (tertiary/aromatic N) is 1. The number of amides is 1. The molecule has 2 rings (SSSR count). The Labute approximate surface area is 135 Å². The second-order valence-electron chi connectivity index (χ2n) is 5.09. The van der Waals surface area contributed by atoms with Crippen molar-refractivity contribution in [1.29, 1.82) is 0 Å². The van der Waals surface area contributed by atoms with Gasteiger partial charge in [0.1, 0.15) is 0 Å². The largest absolute Gasteiger partial charge is 0.278 e. The van der Waals surface area contributed by atoms with E-state index in [-0.39, 0.29) is 16.2 Å². The molecule has 1 amide bonds. The average Bonchev–Trinajstić information content (AvgIpc) is 3.08. The first-order valence-corrected chi connectivity index (χ1v) is 10.1. The third-order valence-corrected chi connectivity index (χ3v) is 6.66. The third-order valence-electron chi connectivity index (χ3n) is 3.48. The first-order valence-electron chi connectivity index (χ1n) is 7.18. The van der Waals surface area contributed by atoms with Gasteiger partial charge in [0.05, 0.1) is 9.79 Å². The van der Waals surface area contributed by atoms with Crippen LogP contribution in [0, 0.1) is 0 Å².